The van der Waals surface area contributed by atoms with Crippen LogP contribution in [0.15, 0.2) is 36.4 Å². The summed E-state index contributed by atoms with van der Waals surface area (Å²) in [4.78, 5) is 17.3. The zero-order chi connectivity index (χ0) is 25.3. The number of methoxy groups -OCH3 is 1. The Morgan fingerprint density at radius 1 is 1.03 bits per heavy atom. The van der Waals surface area contributed by atoms with Gasteiger partial charge in [-0.2, -0.15) is 13.2 Å². The number of halogens is 3. The van der Waals surface area contributed by atoms with Gasteiger partial charge in [0.25, 0.3) is 5.91 Å². The fourth-order valence-electron chi connectivity index (χ4n) is 5.38. The highest BCUT2D eigenvalue weighted by Crippen LogP contribution is 2.39. The average Bonchev–Trinajstić information content (AvgIpc) is 3.44. The molecule has 8 heteroatoms. The van der Waals surface area contributed by atoms with E-state index in [-0.39, 0.29) is 24.0 Å². The summed E-state index contributed by atoms with van der Waals surface area (Å²) < 4.78 is 49.6. The van der Waals surface area contributed by atoms with Crippen molar-refractivity contribution in [1.82, 2.24) is 9.80 Å². The van der Waals surface area contributed by atoms with Gasteiger partial charge in [-0.1, -0.05) is 6.07 Å². The Balaban J connectivity index is 1.40. The van der Waals surface area contributed by atoms with Gasteiger partial charge in [-0.3, -0.25) is 9.69 Å². The van der Waals surface area contributed by atoms with Crippen LogP contribution in [0.4, 0.5) is 13.2 Å². The zero-order valence-electron chi connectivity index (χ0n) is 20.7. The highest BCUT2D eigenvalue weighted by molar-refractivity contribution is 5.94. The van der Waals surface area contributed by atoms with Gasteiger partial charge in [-0.05, 0) is 74.2 Å². The molecule has 0 saturated carbocycles. The predicted octanol–water partition coefficient (Wildman–Crippen LogP) is 5.40. The molecule has 2 aliphatic rings. The molecular formula is C27H33F3N2O3. The largest absolute Gasteiger partial charge is 0.493 e. The fraction of sp³-hybridized carbons (Fsp3) is 0.519. The number of fused-ring (bicyclic) bond motifs is 2. The first-order valence-electron chi connectivity index (χ1n) is 12.1. The van der Waals surface area contributed by atoms with Crippen LogP contribution in [-0.4, -0.2) is 61.2 Å². The number of amides is 1. The topological polar surface area (TPSA) is 42.0 Å². The number of benzene rings is 2. The summed E-state index contributed by atoms with van der Waals surface area (Å²) in [6, 6.07) is 9.18. The molecule has 2 aliphatic heterocycles. The summed E-state index contributed by atoms with van der Waals surface area (Å²) in [5.74, 6) is 0.700. The Kier molecular flexibility index (Phi) is 7.43. The van der Waals surface area contributed by atoms with Crippen molar-refractivity contribution in [3.05, 3.63) is 64.2 Å². The minimum absolute atomic E-state index is 0.0713. The number of hydrogen-bond donors (Lipinski definition) is 0. The van der Waals surface area contributed by atoms with E-state index >= 15 is 0 Å². The van der Waals surface area contributed by atoms with E-state index in [1.54, 1.807) is 7.11 Å². The van der Waals surface area contributed by atoms with Crippen molar-refractivity contribution in [2.75, 3.05) is 33.4 Å². The average molecular weight is 491 g/mol. The maximum atomic E-state index is 13.0. The minimum atomic E-state index is -4.41. The molecule has 1 amide bonds. The highest BCUT2D eigenvalue weighted by Gasteiger charge is 2.47. The van der Waals surface area contributed by atoms with Crippen LogP contribution in [0.5, 0.6) is 5.75 Å². The van der Waals surface area contributed by atoms with Gasteiger partial charge in [-0.25, -0.2) is 0 Å². The monoisotopic (exact) mass is 490 g/mol. The standard InChI is InChI=1S/C27H33F3N2O3/c1-17-18(2)25(35-13-5-12-34-4)11-10-24(17)19(3)31-15-23-14-22(31)16-32(23)26(33)20-6-8-21(9-7-20)27(28,29)30/h6-11,19,22-23H,5,12-16H2,1-4H3/t19-,22+,23+/m0/s1. The Bertz CT molecular complexity index is 1050. The van der Waals surface area contributed by atoms with Gasteiger partial charge >= 0.3 is 6.18 Å². The number of hydrogen-bond acceptors (Lipinski definition) is 4. The molecule has 0 radical (unpaired) electrons. The van der Waals surface area contributed by atoms with Crippen molar-refractivity contribution < 1.29 is 27.4 Å². The lowest BCUT2D eigenvalue weighted by molar-refractivity contribution is -0.137. The van der Waals surface area contributed by atoms with E-state index in [9.17, 15) is 18.0 Å². The van der Waals surface area contributed by atoms with Gasteiger partial charge in [0.15, 0.2) is 0 Å². The van der Waals surface area contributed by atoms with Crippen LogP contribution in [0, 0.1) is 13.8 Å². The third-order valence-electron chi connectivity index (χ3n) is 7.48. The van der Waals surface area contributed by atoms with Crippen molar-refractivity contribution in [2.24, 2.45) is 0 Å². The number of carbonyl (C=O) groups excluding carboxylic acids is 1. The quantitative estimate of drug-likeness (QED) is 0.465. The van der Waals surface area contributed by atoms with Gasteiger partial charge in [0.1, 0.15) is 5.75 Å². The molecule has 0 N–H and O–H groups in total. The second kappa shape index (κ2) is 10.2. The molecule has 0 unspecified atom stereocenters. The number of ether oxygens (including phenoxy) is 2. The normalized spacial score (nSPS) is 20.9. The molecule has 3 atom stereocenters. The van der Waals surface area contributed by atoms with E-state index < -0.39 is 11.7 Å². The van der Waals surface area contributed by atoms with Crippen molar-refractivity contribution in [3.8, 4) is 5.75 Å². The molecule has 0 aliphatic carbocycles. The third kappa shape index (κ3) is 5.19. The molecule has 2 bridgehead atoms. The number of piperazine rings is 1. The molecule has 2 heterocycles. The molecule has 35 heavy (non-hydrogen) atoms. The van der Waals surface area contributed by atoms with Gasteiger partial charge in [0.2, 0.25) is 0 Å². The zero-order valence-corrected chi connectivity index (χ0v) is 20.7. The number of carbonyl (C=O) groups is 1. The van der Waals surface area contributed by atoms with Crippen LogP contribution in [0.2, 0.25) is 0 Å². The predicted molar refractivity (Wildman–Crippen MR) is 128 cm³/mol. The second-order valence-corrected chi connectivity index (χ2v) is 9.55. The molecule has 0 aromatic heterocycles. The Morgan fingerprint density at radius 3 is 2.34 bits per heavy atom. The lowest BCUT2D eigenvalue weighted by Gasteiger charge is -2.38. The summed E-state index contributed by atoms with van der Waals surface area (Å²) in [6.45, 7) is 9.03. The lowest BCUT2D eigenvalue weighted by Crippen LogP contribution is -2.49. The number of rotatable bonds is 8. The van der Waals surface area contributed by atoms with E-state index in [1.807, 2.05) is 11.0 Å². The molecule has 2 saturated heterocycles. The molecule has 0 spiro atoms. The van der Waals surface area contributed by atoms with Crippen LogP contribution < -0.4 is 4.74 Å². The number of nitrogens with zero attached hydrogens (tertiary/aromatic N) is 2. The molecule has 2 aromatic carbocycles. The summed E-state index contributed by atoms with van der Waals surface area (Å²) in [6.07, 6.45) is -2.68. The summed E-state index contributed by atoms with van der Waals surface area (Å²) >= 11 is 0. The first-order valence-corrected chi connectivity index (χ1v) is 12.1. The summed E-state index contributed by atoms with van der Waals surface area (Å²) in [5, 5.41) is 0. The Hall–Kier alpha value is -2.58. The van der Waals surface area contributed by atoms with Crippen LogP contribution >= 0.6 is 0 Å². The van der Waals surface area contributed by atoms with Crippen molar-refractivity contribution in [1.29, 1.82) is 0 Å². The lowest BCUT2D eigenvalue weighted by atomic mass is 9.96. The van der Waals surface area contributed by atoms with Gasteiger partial charge < -0.3 is 14.4 Å². The van der Waals surface area contributed by atoms with Gasteiger partial charge in [0.05, 0.1) is 12.2 Å². The van der Waals surface area contributed by atoms with E-state index in [0.717, 1.165) is 42.8 Å². The van der Waals surface area contributed by atoms with Crippen LogP contribution in [0.3, 0.4) is 0 Å². The molecule has 2 fully saturated rings. The molecule has 4 rings (SSSR count). The minimum Gasteiger partial charge on any atom is -0.493 e. The highest BCUT2D eigenvalue weighted by atomic mass is 19.4. The Morgan fingerprint density at radius 2 is 1.74 bits per heavy atom. The van der Waals surface area contributed by atoms with E-state index in [0.29, 0.717) is 25.3 Å². The summed E-state index contributed by atoms with van der Waals surface area (Å²) in [5.41, 5.74) is 3.16. The van der Waals surface area contributed by atoms with Crippen molar-refractivity contribution in [2.45, 2.75) is 57.9 Å². The SMILES string of the molecule is COCCCOc1ccc([C@H](C)N2C[C@H]3C[C@@H]2CN3C(=O)c2ccc(C(F)(F)F)cc2)c(C)c1C. The molecule has 5 nitrogen and oxygen atoms in total. The fourth-order valence-corrected chi connectivity index (χ4v) is 5.38. The first-order chi connectivity index (χ1) is 16.6. The van der Waals surface area contributed by atoms with E-state index in [4.69, 9.17) is 9.47 Å². The van der Waals surface area contributed by atoms with E-state index in [2.05, 4.69) is 31.7 Å². The van der Waals surface area contributed by atoms with Crippen molar-refractivity contribution >= 4 is 5.91 Å². The summed E-state index contributed by atoms with van der Waals surface area (Å²) in [7, 11) is 1.68. The number of alkyl halides is 3. The van der Waals surface area contributed by atoms with Crippen LogP contribution in [-0.2, 0) is 10.9 Å². The van der Waals surface area contributed by atoms with Gasteiger partial charge in [0, 0.05) is 56.9 Å². The number of likely N-dealkylation sites (tertiary alicyclic amines) is 2. The van der Waals surface area contributed by atoms with E-state index in [1.165, 1.54) is 23.3 Å². The van der Waals surface area contributed by atoms with Gasteiger partial charge in [-0.15, -0.1) is 0 Å². The first kappa shape index (κ1) is 25.5. The Labute approximate surface area is 204 Å². The maximum absolute atomic E-state index is 13.0. The van der Waals surface area contributed by atoms with Crippen LogP contribution in [0.25, 0.3) is 0 Å². The third-order valence-corrected chi connectivity index (χ3v) is 7.48. The molecule has 190 valence electrons. The maximum Gasteiger partial charge on any atom is 0.416 e. The second-order valence-electron chi connectivity index (χ2n) is 9.55. The molecule has 2 aromatic rings. The smallest absolute Gasteiger partial charge is 0.416 e. The molecular weight excluding hydrogens is 457 g/mol. The van der Waals surface area contributed by atoms with Crippen LogP contribution in [0.1, 0.15) is 58.4 Å². The van der Waals surface area contributed by atoms with Crippen molar-refractivity contribution in [3.63, 3.8) is 0 Å².